The van der Waals surface area contributed by atoms with E-state index in [-0.39, 0.29) is 17.3 Å². The summed E-state index contributed by atoms with van der Waals surface area (Å²) in [5.74, 6) is 0.271. The molecule has 10 heteroatoms. The number of fused-ring (bicyclic) bond motifs is 1. The molecule has 0 saturated heterocycles. The van der Waals surface area contributed by atoms with Crippen LogP contribution in [0.1, 0.15) is 22.8 Å². The number of anilines is 2. The molecule has 0 amide bonds. The van der Waals surface area contributed by atoms with Crippen LogP contribution in [0.2, 0.25) is 0 Å². The number of benzene rings is 1. The molecule has 0 radical (unpaired) electrons. The minimum absolute atomic E-state index is 0.0339. The maximum atomic E-state index is 12.3. The van der Waals surface area contributed by atoms with E-state index in [1.54, 1.807) is 25.1 Å². The lowest BCUT2D eigenvalue weighted by atomic mass is 10.1. The summed E-state index contributed by atoms with van der Waals surface area (Å²) in [5.41, 5.74) is 7.66. The zero-order valence-electron chi connectivity index (χ0n) is 12.9. The lowest BCUT2D eigenvalue weighted by Gasteiger charge is -2.18. The molecule has 0 bridgehead atoms. The summed E-state index contributed by atoms with van der Waals surface area (Å²) >= 11 is 2.54. The number of hydrogen-bond donors (Lipinski definition) is 1. The molecule has 0 atom stereocenters. The van der Waals surface area contributed by atoms with Crippen molar-refractivity contribution in [1.82, 2.24) is 10.2 Å². The van der Waals surface area contributed by atoms with Crippen LogP contribution in [0.5, 0.6) is 0 Å². The Morgan fingerprint density at radius 1 is 1.42 bits per heavy atom. The fraction of sp³-hybridized carbons (Fsp3) is 0.357. The summed E-state index contributed by atoms with van der Waals surface area (Å²) in [6.07, 6.45) is 0.621. The third-order valence-electron chi connectivity index (χ3n) is 3.70. The van der Waals surface area contributed by atoms with E-state index in [2.05, 4.69) is 10.2 Å². The number of aromatic nitrogens is 2. The number of carbonyl (C=O) groups is 1. The summed E-state index contributed by atoms with van der Waals surface area (Å²) < 4.78 is 26.2. The lowest BCUT2D eigenvalue weighted by Crippen LogP contribution is -2.30. The number of nitrogens with zero attached hydrogens (tertiary/aromatic N) is 3. The van der Waals surface area contributed by atoms with Crippen LogP contribution >= 0.6 is 23.1 Å². The quantitative estimate of drug-likeness (QED) is 0.598. The van der Waals surface area contributed by atoms with Crippen molar-refractivity contribution in [3.8, 4) is 0 Å². The van der Waals surface area contributed by atoms with Crippen molar-refractivity contribution in [3.05, 3.63) is 29.3 Å². The number of nitrogen functional groups attached to an aromatic ring is 1. The zero-order chi connectivity index (χ0) is 17.3. The van der Waals surface area contributed by atoms with E-state index in [9.17, 15) is 13.2 Å². The van der Waals surface area contributed by atoms with Crippen LogP contribution in [0.3, 0.4) is 0 Å². The van der Waals surface area contributed by atoms with Crippen LogP contribution in [0.4, 0.5) is 10.8 Å². The number of Topliss-reactive ketones (excluding diaryl/α,β-unsaturated/α-hetero) is 1. The van der Waals surface area contributed by atoms with Crippen molar-refractivity contribution < 1.29 is 13.2 Å². The SMILES string of the molecule is CCS(=O)(=O)N1CCc2cc(C(=O)CSc3nnc(N)s3)ccc21. The molecule has 1 aromatic heterocycles. The molecule has 2 N–H and O–H groups in total. The molecule has 0 aliphatic carbocycles. The number of nitrogens with two attached hydrogens (primary N) is 1. The van der Waals surface area contributed by atoms with E-state index < -0.39 is 10.0 Å². The second-order valence-corrected chi connectivity index (χ2v) is 9.60. The normalized spacial score (nSPS) is 14.0. The minimum Gasteiger partial charge on any atom is -0.374 e. The van der Waals surface area contributed by atoms with Crippen molar-refractivity contribution in [2.24, 2.45) is 0 Å². The molecular weight excluding hydrogens is 368 g/mol. The molecule has 2 heterocycles. The molecule has 0 spiro atoms. The van der Waals surface area contributed by atoms with Gasteiger partial charge in [0.2, 0.25) is 15.2 Å². The summed E-state index contributed by atoms with van der Waals surface area (Å²) in [5, 5.41) is 7.95. The average Bonchev–Trinajstić information content (AvgIpc) is 3.18. The second-order valence-electron chi connectivity index (χ2n) is 5.18. The van der Waals surface area contributed by atoms with Crippen molar-refractivity contribution in [1.29, 1.82) is 0 Å². The fourth-order valence-corrected chi connectivity index (χ4v) is 5.17. The van der Waals surface area contributed by atoms with Crippen LogP contribution in [-0.2, 0) is 16.4 Å². The van der Waals surface area contributed by atoms with Crippen molar-refractivity contribution in [2.75, 3.05) is 28.1 Å². The van der Waals surface area contributed by atoms with Gasteiger partial charge in [0.25, 0.3) is 0 Å². The van der Waals surface area contributed by atoms with Crippen LogP contribution in [0.25, 0.3) is 0 Å². The van der Waals surface area contributed by atoms with E-state index in [0.717, 1.165) is 5.56 Å². The summed E-state index contributed by atoms with van der Waals surface area (Å²) in [6, 6.07) is 5.19. The Kier molecular flexibility index (Phi) is 4.79. The number of thioether (sulfide) groups is 1. The highest BCUT2D eigenvalue weighted by Crippen LogP contribution is 2.32. The van der Waals surface area contributed by atoms with Crippen LogP contribution in [0.15, 0.2) is 22.5 Å². The number of carbonyl (C=O) groups excluding carboxylic acids is 1. The molecule has 0 fully saturated rings. The van der Waals surface area contributed by atoms with Gasteiger partial charge < -0.3 is 5.73 Å². The Hall–Kier alpha value is -1.65. The second kappa shape index (κ2) is 6.69. The molecule has 24 heavy (non-hydrogen) atoms. The molecule has 1 aliphatic rings. The highest BCUT2D eigenvalue weighted by atomic mass is 32.2. The van der Waals surface area contributed by atoms with Gasteiger partial charge >= 0.3 is 0 Å². The molecule has 1 aliphatic heterocycles. The number of hydrogen-bond acceptors (Lipinski definition) is 8. The standard InChI is InChI=1S/C14H16N4O3S3/c1-2-24(20,21)18-6-5-9-7-10(3-4-11(9)18)12(19)8-22-14-17-16-13(15)23-14/h3-4,7H,2,5-6,8H2,1H3,(H2,15,16). The maximum Gasteiger partial charge on any atom is 0.234 e. The van der Waals surface area contributed by atoms with Gasteiger partial charge in [0.05, 0.1) is 17.2 Å². The number of ketones is 1. The van der Waals surface area contributed by atoms with Crippen molar-refractivity contribution in [2.45, 2.75) is 17.7 Å². The van der Waals surface area contributed by atoms with Crippen LogP contribution < -0.4 is 10.0 Å². The van der Waals surface area contributed by atoms with Gasteiger partial charge in [-0.1, -0.05) is 23.1 Å². The zero-order valence-corrected chi connectivity index (χ0v) is 15.4. The summed E-state index contributed by atoms with van der Waals surface area (Å²) in [6.45, 7) is 2.06. The van der Waals surface area contributed by atoms with Crippen molar-refractivity contribution in [3.63, 3.8) is 0 Å². The van der Waals surface area contributed by atoms with Crippen molar-refractivity contribution >= 4 is 49.7 Å². The van der Waals surface area contributed by atoms with Gasteiger partial charge in [0.15, 0.2) is 10.1 Å². The Labute approximate surface area is 148 Å². The maximum absolute atomic E-state index is 12.3. The van der Waals surface area contributed by atoms with Gasteiger partial charge in [0.1, 0.15) is 0 Å². The van der Waals surface area contributed by atoms with E-state index >= 15 is 0 Å². The molecule has 7 nitrogen and oxygen atoms in total. The highest BCUT2D eigenvalue weighted by molar-refractivity contribution is 8.01. The minimum atomic E-state index is -3.27. The van der Waals surface area contributed by atoms with E-state index in [1.165, 1.54) is 27.4 Å². The first kappa shape index (κ1) is 17.2. The van der Waals surface area contributed by atoms with Gasteiger partial charge in [0, 0.05) is 12.1 Å². The van der Waals surface area contributed by atoms with Crippen LogP contribution in [-0.4, -0.2) is 42.4 Å². The van der Waals surface area contributed by atoms with Gasteiger partial charge in [-0.2, -0.15) is 0 Å². The fourth-order valence-electron chi connectivity index (χ4n) is 2.48. The third-order valence-corrected chi connectivity index (χ3v) is 7.37. The predicted octanol–water partition coefficient (Wildman–Crippen LogP) is 1.81. The van der Waals surface area contributed by atoms with Gasteiger partial charge in [-0.3, -0.25) is 9.10 Å². The van der Waals surface area contributed by atoms with Crippen LogP contribution in [0, 0.1) is 0 Å². The first-order chi connectivity index (χ1) is 11.4. The summed E-state index contributed by atoms with van der Waals surface area (Å²) in [4.78, 5) is 12.3. The molecule has 3 rings (SSSR count). The number of rotatable bonds is 6. The molecular formula is C14H16N4O3S3. The van der Waals surface area contributed by atoms with Gasteiger partial charge in [-0.25, -0.2) is 8.42 Å². The largest absolute Gasteiger partial charge is 0.374 e. The predicted molar refractivity (Wildman–Crippen MR) is 96.3 cm³/mol. The first-order valence-electron chi connectivity index (χ1n) is 7.29. The molecule has 0 unspecified atom stereocenters. The molecule has 128 valence electrons. The van der Waals surface area contributed by atoms with E-state index in [1.807, 2.05) is 0 Å². The lowest BCUT2D eigenvalue weighted by molar-refractivity contribution is 0.102. The highest BCUT2D eigenvalue weighted by Gasteiger charge is 2.28. The monoisotopic (exact) mass is 384 g/mol. The molecule has 2 aromatic rings. The topological polar surface area (TPSA) is 106 Å². The first-order valence-corrected chi connectivity index (χ1v) is 10.7. The number of sulfonamides is 1. The van der Waals surface area contributed by atoms with E-state index in [4.69, 9.17) is 5.73 Å². The Morgan fingerprint density at radius 2 is 2.21 bits per heavy atom. The third kappa shape index (κ3) is 3.40. The summed E-state index contributed by atoms with van der Waals surface area (Å²) in [7, 11) is -3.27. The Morgan fingerprint density at radius 3 is 2.88 bits per heavy atom. The Balaban J connectivity index is 1.73. The average molecular weight is 385 g/mol. The molecule has 1 aromatic carbocycles. The Bertz CT molecular complexity index is 879. The van der Waals surface area contributed by atoms with E-state index in [0.29, 0.717) is 33.7 Å². The van der Waals surface area contributed by atoms with Gasteiger partial charge in [-0.15, -0.1) is 10.2 Å². The molecule has 0 saturated carbocycles. The van der Waals surface area contributed by atoms with Gasteiger partial charge in [-0.05, 0) is 37.1 Å². The smallest absolute Gasteiger partial charge is 0.234 e.